The van der Waals surface area contributed by atoms with Gasteiger partial charge in [-0.25, -0.2) is 0 Å². The van der Waals surface area contributed by atoms with Crippen LogP contribution in [0, 0.1) is 0 Å². The molecule has 21 heavy (non-hydrogen) atoms. The minimum absolute atomic E-state index is 0.0109. The Labute approximate surface area is 129 Å². The summed E-state index contributed by atoms with van der Waals surface area (Å²) in [6.07, 6.45) is 0.380. The molecule has 0 spiro atoms. The lowest BCUT2D eigenvalue weighted by atomic mass is 10.1. The average Bonchev–Trinajstić information content (AvgIpc) is 2.35. The van der Waals surface area contributed by atoms with E-state index in [0.717, 1.165) is 0 Å². The number of rotatable bonds is 7. The zero-order valence-corrected chi connectivity index (χ0v) is 13.1. The van der Waals surface area contributed by atoms with E-state index < -0.39 is 11.6 Å². The lowest BCUT2D eigenvalue weighted by molar-refractivity contribution is -0.138. The summed E-state index contributed by atoms with van der Waals surface area (Å²) in [5, 5.41) is 11.9. The van der Waals surface area contributed by atoms with Crippen LogP contribution in [-0.4, -0.2) is 28.6 Å². The molecule has 5 nitrogen and oxygen atoms in total. The molecule has 0 aliphatic heterocycles. The van der Waals surface area contributed by atoms with Crippen LogP contribution in [0.25, 0.3) is 0 Å². The van der Waals surface area contributed by atoms with Crippen LogP contribution in [0.15, 0.2) is 24.3 Å². The second-order valence-electron chi connectivity index (χ2n) is 5.38. The van der Waals surface area contributed by atoms with Gasteiger partial charge in [-0.2, -0.15) is 0 Å². The summed E-state index contributed by atoms with van der Waals surface area (Å²) in [7, 11) is 0. The Kier molecular flexibility index (Phi) is 6.03. The number of carboxylic acids is 1. The highest BCUT2D eigenvalue weighted by molar-refractivity contribution is 6.30. The van der Waals surface area contributed by atoms with Crippen molar-refractivity contribution in [2.24, 2.45) is 0 Å². The van der Waals surface area contributed by atoms with Gasteiger partial charge in [-0.1, -0.05) is 17.7 Å². The van der Waals surface area contributed by atoms with Gasteiger partial charge in [0, 0.05) is 17.5 Å². The van der Waals surface area contributed by atoms with Crippen molar-refractivity contribution in [3.8, 4) is 5.75 Å². The van der Waals surface area contributed by atoms with E-state index in [1.54, 1.807) is 45.0 Å². The molecular formula is C15H20ClNO4. The van der Waals surface area contributed by atoms with Gasteiger partial charge in [-0.3, -0.25) is 9.59 Å². The number of hydrogen-bond acceptors (Lipinski definition) is 3. The summed E-state index contributed by atoms with van der Waals surface area (Å²) in [6.45, 7) is 5.05. The second-order valence-corrected chi connectivity index (χ2v) is 5.81. The third kappa shape index (κ3) is 6.04. The molecule has 1 aromatic rings. The standard InChI is InChI=1S/C15H20ClNO4/c1-10(7-8-13(18)19)17-14(20)15(2,3)21-12-6-4-5-11(16)9-12/h4-6,9-10H,7-8H2,1-3H3,(H,17,20)(H,18,19). The SMILES string of the molecule is CC(CCC(=O)O)NC(=O)C(C)(C)Oc1cccc(Cl)c1. The number of hydrogen-bond donors (Lipinski definition) is 2. The van der Waals surface area contributed by atoms with Crippen LogP contribution in [0.2, 0.25) is 5.02 Å². The van der Waals surface area contributed by atoms with E-state index in [1.807, 2.05) is 0 Å². The van der Waals surface area contributed by atoms with Gasteiger partial charge in [0.2, 0.25) is 0 Å². The number of carbonyl (C=O) groups is 2. The predicted molar refractivity (Wildman–Crippen MR) is 80.6 cm³/mol. The molecule has 6 heteroatoms. The van der Waals surface area contributed by atoms with Gasteiger partial charge in [0.25, 0.3) is 5.91 Å². The van der Waals surface area contributed by atoms with E-state index in [4.69, 9.17) is 21.4 Å². The van der Waals surface area contributed by atoms with Gasteiger partial charge < -0.3 is 15.2 Å². The fourth-order valence-electron chi connectivity index (χ4n) is 1.68. The van der Waals surface area contributed by atoms with Crippen molar-refractivity contribution in [1.29, 1.82) is 0 Å². The maximum absolute atomic E-state index is 12.2. The van der Waals surface area contributed by atoms with Crippen LogP contribution in [0.5, 0.6) is 5.75 Å². The third-order valence-corrected chi connectivity index (χ3v) is 3.12. The quantitative estimate of drug-likeness (QED) is 0.811. The normalized spacial score (nSPS) is 12.6. The summed E-state index contributed by atoms with van der Waals surface area (Å²) in [4.78, 5) is 22.7. The van der Waals surface area contributed by atoms with Gasteiger partial charge in [-0.15, -0.1) is 0 Å². The summed E-state index contributed by atoms with van der Waals surface area (Å²) in [5.74, 6) is -0.688. The zero-order chi connectivity index (χ0) is 16.0. The van der Waals surface area contributed by atoms with Crippen molar-refractivity contribution in [2.45, 2.75) is 45.3 Å². The number of amides is 1. The fraction of sp³-hybridized carbons (Fsp3) is 0.467. The Bertz CT molecular complexity index is 516. The lowest BCUT2D eigenvalue weighted by Gasteiger charge is -2.27. The molecule has 1 aromatic carbocycles. The van der Waals surface area contributed by atoms with Crippen LogP contribution in [0.3, 0.4) is 0 Å². The van der Waals surface area contributed by atoms with E-state index in [9.17, 15) is 9.59 Å². The number of nitrogens with one attached hydrogen (secondary N) is 1. The van der Waals surface area contributed by atoms with Gasteiger partial charge in [0.1, 0.15) is 5.75 Å². The first-order chi connectivity index (χ1) is 9.70. The minimum Gasteiger partial charge on any atom is -0.481 e. The molecule has 0 saturated heterocycles. The van der Waals surface area contributed by atoms with E-state index in [2.05, 4.69) is 5.32 Å². The van der Waals surface area contributed by atoms with Crippen molar-refractivity contribution in [2.75, 3.05) is 0 Å². The molecule has 0 aliphatic rings. The van der Waals surface area contributed by atoms with E-state index in [-0.39, 0.29) is 18.4 Å². The highest BCUT2D eigenvalue weighted by Crippen LogP contribution is 2.22. The van der Waals surface area contributed by atoms with Gasteiger partial charge in [0.05, 0.1) is 0 Å². The first-order valence-electron chi connectivity index (χ1n) is 6.68. The number of halogens is 1. The van der Waals surface area contributed by atoms with E-state index in [0.29, 0.717) is 17.2 Å². The van der Waals surface area contributed by atoms with Crippen molar-refractivity contribution in [3.63, 3.8) is 0 Å². The smallest absolute Gasteiger partial charge is 0.303 e. The molecular weight excluding hydrogens is 294 g/mol. The molecule has 0 radical (unpaired) electrons. The Morgan fingerprint density at radius 1 is 1.43 bits per heavy atom. The molecule has 0 aromatic heterocycles. The second kappa shape index (κ2) is 7.31. The van der Waals surface area contributed by atoms with Crippen LogP contribution < -0.4 is 10.1 Å². The topological polar surface area (TPSA) is 75.6 Å². The van der Waals surface area contributed by atoms with Crippen LogP contribution in [0.1, 0.15) is 33.6 Å². The van der Waals surface area contributed by atoms with Crippen molar-refractivity contribution >= 4 is 23.5 Å². The molecule has 0 fully saturated rings. The average molecular weight is 314 g/mol. The molecule has 1 amide bonds. The first kappa shape index (κ1) is 17.3. The van der Waals surface area contributed by atoms with Crippen molar-refractivity contribution in [3.05, 3.63) is 29.3 Å². The summed E-state index contributed by atoms with van der Waals surface area (Å²) < 4.78 is 5.66. The molecule has 0 saturated carbocycles. The van der Waals surface area contributed by atoms with Crippen LogP contribution in [-0.2, 0) is 9.59 Å². The molecule has 2 N–H and O–H groups in total. The minimum atomic E-state index is -1.08. The molecule has 0 bridgehead atoms. The predicted octanol–water partition coefficient (Wildman–Crippen LogP) is 2.87. The fourth-order valence-corrected chi connectivity index (χ4v) is 1.86. The van der Waals surface area contributed by atoms with Crippen LogP contribution in [0.4, 0.5) is 0 Å². The summed E-state index contributed by atoms with van der Waals surface area (Å²) >= 11 is 5.87. The number of benzene rings is 1. The monoisotopic (exact) mass is 313 g/mol. The van der Waals surface area contributed by atoms with Gasteiger partial charge >= 0.3 is 5.97 Å². The zero-order valence-electron chi connectivity index (χ0n) is 12.4. The molecule has 0 aliphatic carbocycles. The van der Waals surface area contributed by atoms with Gasteiger partial charge in [-0.05, 0) is 45.4 Å². The summed E-state index contributed by atoms with van der Waals surface area (Å²) in [6, 6.07) is 6.56. The van der Waals surface area contributed by atoms with Crippen LogP contribution >= 0.6 is 11.6 Å². The lowest BCUT2D eigenvalue weighted by Crippen LogP contribution is -2.49. The first-order valence-corrected chi connectivity index (χ1v) is 7.06. The number of carbonyl (C=O) groups excluding carboxylic acids is 1. The molecule has 1 atom stereocenters. The van der Waals surface area contributed by atoms with E-state index in [1.165, 1.54) is 0 Å². The van der Waals surface area contributed by atoms with Crippen molar-refractivity contribution in [1.82, 2.24) is 5.32 Å². The maximum atomic E-state index is 12.2. The molecule has 0 heterocycles. The Morgan fingerprint density at radius 3 is 2.67 bits per heavy atom. The largest absolute Gasteiger partial charge is 0.481 e. The highest BCUT2D eigenvalue weighted by atomic mass is 35.5. The van der Waals surface area contributed by atoms with Gasteiger partial charge in [0.15, 0.2) is 5.60 Å². The summed E-state index contributed by atoms with van der Waals surface area (Å²) in [5.41, 5.74) is -1.08. The maximum Gasteiger partial charge on any atom is 0.303 e. The molecule has 1 unspecified atom stereocenters. The molecule has 116 valence electrons. The highest BCUT2D eigenvalue weighted by Gasteiger charge is 2.30. The number of carboxylic acid groups (broad SMARTS) is 1. The van der Waals surface area contributed by atoms with Crippen molar-refractivity contribution < 1.29 is 19.4 Å². The number of ether oxygens (including phenoxy) is 1. The van der Waals surface area contributed by atoms with E-state index >= 15 is 0 Å². The Morgan fingerprint density at radius 2 is 2.10 bits per heavy atom. The number of aliphatic carboxylic acids is 1. The Hall–Kier alpha value is -1.75. The molecule has 1 rings (SSSR count). The third-order valence-electron chi connectivity index (χ3n) is 2.88. The Balaban J connectivity index is 2.60.